The summed E-state index contributed by atoms with van der Waals surface area (Å²) in [6, 6.07) is 5.60. The summed E-state index contributed by atoms with van der Waals surface area (Å²) in [6.45, 7) is 4.22. The van der Waals surface area contributed by atoms with Crippen LogP contribution in [0.15, 0.2) is 24.4 Å². The number of nitrogens with one attached hydrogen (secondary N) is 1. The molecule has 0 aliphatic rings. The zero-order valence-corrected chi connectivity index (χ0v) is 12.5. The first kappa shape index (κ1) is 14.6. The summed E-state index contributed by atoms with van der Waals surface area (Å²) in [5.41, 5.74) is 1.50. The molecule has 0 aliphatic heterocycles. The summed E-state index contributed by atoms with van der Waals surface area (Å²) in [5, 5.41) is 3.65. The number of pyridine rings is 1. The van der Waals surface area contributed by atoms with Crippen LogP contribution in [0.2, 0.25) is 0 Å². The number of rotatable bonds is 5. The highest BCUT2D eigenvalue weighted by Gasteiger charge is 2.18. The van der Waals surface area contributed by atoms with E-state index in [2.05, 4.69) is 15.3 Å². The van der Waals surface area contributed by atoms with E-state index in [1.54, 1.807) is 13.3 Å². The van der Waals surface area contributed by atoms with Crippen molar-refractivity contribution in [2.45, 2.75) is 19.9 Å². The number of ether oxygens (including phenoxy) is 1. The highest BCUT2D eigenvalue weighted by atomic mass is 32.1. The molecule has 2 aromatic rings. The molecule has 2 heterocycles. The lowest BCUT2D eigenvalue weighted by Crippen LogP contribution is -2.35. The maximum absolute atomic E-state index is 12.2. The van der Waals surface area contributed by atoms with Crippen LogP contribution in [-0.4, -0.2) is 35.6 Å². The van der Waals surface area contributed by atoms with Crippen LogP contribution in [0.25, 0.3) is 10.7 Å². The van der Waals surface area contributed by atoms with E-state index in [4.69, 9.17) is 4.74 Å². The molecule has 1 amide bonds. The Morgan fingerprint density at radius 2 is 2.30 bits per heavy atom. The molecule has 20 heavy (non-hydrogen) atoms. The number of methoxy groups -OCH3 is 1. The van der Waals surface area contributed by atoms with E-state index in [-0.39, 0.29) is 11.9 Å². The quantitative estimate of drug-likeness (QED) is 0.918. The van der Waals surface area contributed by atoms with Crippen molar-refractivity contribution in [2.24, 2.45) is 0 Å². The van der Waals surface area contributed by atoms with Crippen molar-refractivity contribution in [3.63, 3.8) is 0 Å². The number of hydrogen-bond acceptors (Lipinski definition) is 5. The van der Waals surface area contributed by atoms with Gasteiger partial charge in [-0.25, -0.2) is 4.98 Å². The standard InChI is InChI=1S/C14H17N3O2S/c1-9(8-19-3)16-13(18)12-10(2)17-14(20-12)11-6-4-5-7-15-11/h4-7,9H,8H2,1-3H3,(H,16,18). The second-order valence-electron chi connectivity index (χ2n) is 4.48. The van der Waals surface area contributed by atoms with Crippen molar-refractivity contribution in [1.82, 2.24) is 15.3 Å². The number of carbonyl (C=O) groups is 1. The average molecular weight is 291 g/mol. The van der Waals surface area contributed by atoms with E-state index in [0.29, 0.717) is 11.5 Å². The molecule has 0 aliphatic carbocycles. The molecule has 1 unspecified atom stereocenters. The number of aryl methyl sites for hydroxylation is 1. The van der Waals surface area contributed by atoms with Gasteiger partial charge in [-0.05, 0) is 26.0 Å². The van der Waals surface area contributed by atoms with Gasteiger partial charge in [0.25, 0.3) is 5.91 Å². The highest BCUT2D eigenvalue weighted by Crippen LogP contribution is 2.26. The van der Waals surface area contributed by atoms with E-state index in [9.17, 15) is 4.79 Å². The molecule has 1 atom stereocenters. The molecule has 6 heteroatoms. The highest BCUT2D eigenvalue weighted by molar-refractivity contribution is 7.17. The third-order valence-electron chi connectivity index (χ3n) is 2.68. The van der Waals surface area contributed by atoms with Crippen LogP contribution in [-0.2, 0) is 4.74 Å². The fourth-order valence-corrected chi connectivity index (χ4v) is 2.73. The summed E-state index contributed by atoms with van der Waals surface area (Å²) in [5.74, 6) is -0.119. The van der Waals surface area contributed by atoms with Gasteiger partial charge in [0, 0.05) is 19.3 Å². The van der Waals surface area contributed by atoms with Crippen molar-refractivity contribution in [2.75, 3.05) is 13.7 Å². The molecule has 1 N–H and O–H groups in total. The van der Waals surface area contributed by atoms with Gasteiger partial charge in [0.2, 0.25) is 0 Å². The predicted molar refractivity (Wildman–Crippen MR) is 78.9 cm³/mol. The molecular weight excluding hydrogens is 274 g/mol. The number of carbonyl (C=O) groups excluding carboxylic acids is 1. The van der Waals surface area contributed by atoms with Crippen LogP contribution in [0.4, 0.5) is 0 Å². The first-order chi connectivity index (χ1) is 9.61. The Morgan fingerprint density at radius 1 is 1.50 bits per heavy atom. The summed E-state index contributed by atoms with van der Waals surface area (Å²) in [7, 11) is 1.61. The summed E-state index contributed by atoms with van der Waals surface area (Å²) in [4.78, 5) is 21.5. The fourth-order valence-electron chi connectivity index (χ4n) is 1.79. The smallest absolute Gasteiger partial charge is 0.263 e. The van der Waals surface area contributed by atoms with Crippen LogP contribution >= 0.6 is 11.3 Å². The average Bonchev–Trinajstić information content (AvgIpc) is 2.82. The van der Waals surface area contributed by atoms with E-state index in [0.717, 1.165) is 16.4 Å². The number of aromatic nitrogens is 2. The van der Waals surface area contributed by atoms with Gasteiger partial charge in [-0.3, -0.25) is 9.78 Å². The minimum atomic E-state index is -0.119. The Hall–Kier alpha value is -1.79. The van der Waals surface area contributed by atoms with Crippen molar-refractivity contribution < 1.29 is 9.53 Å². The van der Waals surface area contributed by atoms with Crippen LogP contribution in [0, 0.1) is 6.92 Å². The molecule has 106 valence electrons. The lowest BCUT2D eigenvalue weighted by molar-refractivity contribution is 0.0909. The minimum absolute atomic E-state index is 0.0349. The van der Waals surface area contributed by atoms with Crippen LogP contribution in [0.1, 0.15) is 22.3 Å². The summed E-state index contributed by atoms with van der Waals surface area (Å²) < 4.78 is 5.01. The molecular formula is C14H17N3O2S. The molecule has 5 nitrogen and oxygen atoms in total. The van der Waals surface area contributed by atoms with Crippen LogP contribution in [0.3, 0.4) is 0 Å². The fraction of sp³-hybridized carbons (Fsp3) is 0.357. The van der Waals surface area contributed by atoms with Gasteiger partial charge < -0.3 is 10.1 Å². The van der Waals surface area contributed by atoms with E-state index in [1.165, 1.54) is 11.3 Å². The lowest BCUT2D eigenvalue weighted by Gasteiger charge is -2.11. The molecule has 2 rings (SSSR count). The zero-order valence-electron chi connectivity index (χ0n) is 11.7. The van der Waals surface area contributed by atoms with Gasteiger partial charge in [-0.15, -0.1) is 11.3 Å². The molecule has 0 radical (unpaired) electrons. The van der Waals surface area contributed by atoms with E-state index >= 15 is 0 Å². The SMILES string of the molecule is COCC(C)NC(=O)c1sc(-c2ccccn2)nc1C. The zero-order chi connectivity index (χ0) is 14.5. The molecule has 0 saturated heterocycles. The van der Waals surface area contributed by atoms with Crippen molar-refractivity contribution >= 4 is 17.2 Å². The first-order valence-corrected chi connectivity index (χ1v) is 7.12. The molecule has 0 spiro atoms. The number of hydrogen-bond donors (Lipinski definition) is 1. The topological polar surface area (TPSA) is 64.1 Å². The van der Waals surface area contributed by atoms with Crippen molar-refractivity contribution in [1.29, 1.82) is 0 Å². The normalized spacial score (nSPS) is 12.2. The van der Waals surface area contributed by atoms with E-state index in [1.807, 2.05) is 32.0 Å². The van der Waals surface area contributed by atoms with Crippen molar-refractivity contribution in [3.05, 3.63) is 35.0 Å². The Balaban J connectivity index is 2.17. The number of amides is 1. The van der Waals surface area contributed by atoms with Gasteiger partial charge >= 0.3 is 0 Å². The largest absolute Gasteiger partial charge is 0.383 e. The Bertz CT molecular complexity index is 583. The van der Waals surface area contributed by atoms with Gasteiger partial charge in [-0.2, -0.15) is 0 Å². The Labute approximate surface area is 122 Å². The van der Waals surface area contributed by atoms with Gasteiger partial charge in [0.05, 0.1) is 18.0 Å². The van der Waals surface area contributed by atoms with Gasteiger partial charge in [0.15, 0.2) is 0 Å². The monoisotopic (exact) mass is 291 g/mol. The second-order valence-corrected chi connectivity index (χ2v) is 5.48. The van der Waals surface area contributed by atoms with Gasteiger partial charge in [-0.1, -0.05) is 6.07 Å². The third-order valence-corrected chi connectivity index (χ3v) is 3.86. The first-order valence-electron chi connectivity index (χ1n) is 6.30. The second kappa shape index (κ2) is 6.58. The molecule has 0 fully saturated rings. The maximum Gasteiger partial charge on any atom is 0.263 e. The van der Waals surface area contributed by atoms with Gasteiger partial charge in [0.1, 0.15) is 9.88 Å². The lowest BCUT2D eigenvalue weighted by atomic mass is 10.3. The minimum Gasteiger partial charge on any atom is -0.383 e. The number of nitrogens with zero attached hydrogens (tertiary/aromatic N) is 2. The third kappa shape index (κ3) is 3.40. The van der Waals surface area contributed by atoms with Crippen LogP contribution in [0.5, 0.6) is 0 Å². The summed E-state index contributed by atoms with van der Waals surface area (Å²) in [6.07, 6.45) is 1.71. The molecule has 0 aromatic carbocycles. The summed E-state index contributed by atoms with van der Waals surface area (Å²) >= 11 is 1.35. The predicted octanol–water partition coefficient (Wildman–Crippen LogP) is 2.28. The molecule has 2 aromatic heterocycles. The molecule has 0 saturated carbocycles. The van der Waals surface area contributed by atoms with Crippen LogP contribution < -0.4 is 5.32 Å². The van der Waals surface area contributed by atoms with Crippen molar-refractivity contribution in [3.8, 4) is 10.7 Å². The van der Waals surface area contributed by atoms with E-state index < -0.39 is 0 Å². The Morgan fingerprint density at radius 3 is 2.95 bits per heavy atom. The number of thiazole rings is 1. The Kier molecular flexibility index (Phi) is 4.81. The maximum atomic E-state index is 12.2. The molecule has 0 bridgehead atoms.